The normalized spacial score (nSPS) is 10.1. The summed E-state index contributed by atoms with van der Waals surface area (Å²) in [5.74, 6) is 0.491. The van der Waals surface area contributed by atoms with Crippen molar-refractivity contribution in [2.45, 2.75) is 6.54 Å². The summed E-state index contributed by atoms with van der Waals surface area (Å²) in [6, 6.07) is 7.94. The molecule has 104 valence electrons. The Hall–Kier alpha value is -2.34. The van der Waals surface area contributed by atoms with Crippen molar-refractivity contribution in [1.29, 1.82) is 0 Å². The summed E-state index contributed by atoms with van der Waals surface area (Å²) in [5.41, 5.74) is 1.25. The Morgan fingerprint density at radius 2 is 2.20 bits per heavy atom. The van der Waals surface area contributed by atoms with Crippen LogP contribution in [0.15, 0.2) is 36.5 Å². The van der Waals surface area contributed by atoms with Crippen LogP contribution in [0, 0.1) is 10.1 Å². The molecule has 0 spiro atoms. The second-order valence-electron chi connectivity index (χ2n) is 3.98. The first-order valence-electron chi connectivity index (χ1n) is 5.77. The number of halogens is 1. The van der Waals surface area contributed by atoms with Crippen molar-refractivity contribution in [3.63, 3.8) is 0 Å². The quantitative estimate of drug-likeness (QED) is 0.676. The summed E-state index contributed by atoms with van der Waals surface area (Å²) < 4.78 is 5.02. The summed E-state index contributed by atoms with van der Waals surface area (Å²) in [6.07, 6.45) is 1.61. The van der Waals surface area contributed by atoms with Crippen molar-refractivity contribution in [3.05, 3.63) is 57.2 Å². The minimum atomic E-state index is -0.453. The van der Waals surface area contributed by atoms with Crippen LogP contribution >= 0.6 is 11.6 Å². The number of nitro groups is 1. The van der Waals surface area contributed by atoms with Gasteiger partial charge in [-0.3, -0.25) is 10.1 Å². The maximum atomic E-state index is 10.9. The number of hydrogen-bond acceptors (Lipinski definition) is 5. The number of benzene rings is 1. The largest absolute Gasteiger partial charge is 0.481 e. The number of anilines is 1. The highest BCUT2D eigenvalue weighted by Gasteiger charge is 2.13. The van der Waals surface area contributed by atoms with Crippen LogP contribution in [0.5, 0.6) is 5.88 Å². The van der Waals surface area contributed by atoms with E-state index >= 15 is 0 Å². The molecule has 0 atom stereocenters. The van der Waals surface area contributed by atoms with E-state index in [1.54, 1.807) is 18.3 Å². The summed E-state index contributed by atoms with van der Waals surface area (Å²) in [4.78, 5) is 14.5. The topological polar surface area (TPSA) is 77.3 Å². The fraction of sp³-hybridized carbons (Fsp3) is 0.154. The number of hydrogen-bond donors (Lipinski definition) is 1. The number of aromatic nitrogens is 1. The summed E-state index contributed by atoms with van der Waals surface area (Å²) in [7, 11) is 1.53. The van der Waals surface area contributed by atoms with Crippen LogP contribution in [0.3, 0.4) is 0 Å². The van der Waals surface area contributed by atoms with E-state index in [0.717, 1.165) is 5.56 Å². The molecule has 0 unspecified atom stereocenters. The predicted molar refractivity (Wildman–Crippen MR) is 76.2 cm³/mol. The third-order valence-corrected chi connectivity index (χ3v) is 2.88. The van der Waals surface area contributed by atoms with E-state index in [1.165, 1.54) is 25.3 Å². The van der Waals surface area contributed by atoms with Gasteiger partial charge in [0.2, 0.25) is 5.88 Å². The van der Waals surface area contributed by atoms with Gasteiger partial charge in [0, 0.05) is 29.9 Å². The van der Waals surface area contributed by atoms with Crippen LogP contribution in [0.4, 0.5) is 11.4 Å². The van der Waals surface area contributed by atoms with Gasteiger partial charge in [0.05, 0.1) is 12.0 Å². The van der Waals surface area contributed by atoms with E-state index in [1.807, 2.05) is 0 Å². The van der Waals surface area contributed by atoms with Crippen molar-refractivity contribution < 1.29 is 9.66 Å². The second-order valence-corrected chi connectivity index (χ2v) is 4.42. The van der Waals surface area contributed by atoms with Gasteiger partial charge in [-0.25, -0.2) is 4.98 Å². The lowest BCUT2D eigenvalue weighted by Gasteiger charge is -2.08. The Labute approximate surface area is 120 Å². The lowest BCUT2D eigenvalue weighted by Crippen LogP contribution is -2.03. The third kappa shape index (κ3) is 3.36. The molecule has 1 heterocycles. The van der Waals surface area contributed by atoms with Crippen LogP contribution in [0.25, 0.3) is 0 Å². The summed E-state index contributed by atoms with van der Waals surface area (Å²) in [6.45, 7) is 0.403. The number of nitrogens with one attached hydrogen (secondary N) is 1. The van der Waals surface area contributed by atoms with Crippen molar-refractivity contribution in [2.24, 2.45) is 0 Å². The first-order valence-corrected chi connectivity index (χ1v) is 6.14. The minimum absolute atomic E-state index is 0.0181. The predicted octanol–water partition coefficient (Wildman–Crippen LogP) is 3.26. The summed E-state index contributed by atoms with van der Waals surface area (Å²) >= 11 is 5.86. The highest BCUT2D eigenvalue weighted by molar-refractivity contribution is 6.31. The van der Waals surface area contributed by atoms with Crippen LogP contribution in [0.1, 0.15) is 5.56 Å². The molecule has 0 aliphatic heterocycles. The van der Waals surface area contributed by atoms with Gasteiger partial charge in [-0.2, -0.15) is 0 Å². The molecule has 2 aromatic rings. The molecule has 6 nitrogen and oxygen atoms in total. The van der Waals surface area contributed by atoms with E-state index in [4.69, 9.17) is 16.3 Å². The molecule has 0 aliphatic rings. The number of nitrogens with zero attached hydrogens (tertiary/aromatic N) is 2. The van der Waals surface area contributed by atoms with Crippen molar-refractivity contribution in [3.8, 4) is 5.88 Å². The maximum absolute atomic E-state index is 10.9. The standard InChI is InChI=1S/C13H12ClN3O3/c1-20-13-6-9(4-5-15-13)8-16-11-7-10(14)2-3-12(11)17(18)19/h2-7,16H,8H2,1H3. The van der Waals surface area contributed by atoms with Gasteiger partial charge < -0.3 is 10.1 Å². The van der Waals surface area contributed by atoms with E-state index in [2.05, 4.69) is 10.3 Å². The van der Waals surface area contributed by atoms with E-state index in [9.17, 15) is 10.1 Å². The SMILES string of the molecule is COc1cc(CNc2cc(Cl)ccc2[N+](=O)[O-])ccn1. The highest BCUT2D eigenvalue weighted by atomic mass is 35.5. The maximum Gasteiger partial charge on any atom is 0.292 e. The number of nitro benzene ring substituents is 1. The Bertz CT molecular complexity index is 634. The molecule has 2 rings (SSSR count). The molecular weight excluding hydrogens is 282 g/mol. The van der Waals surface area contributed by atoms with Gasteiger partial charge in [-0.05, 0) is 23.8 Å². The van der Waals surface area contributed by atoms with Gasteiger partial charge in [0.1, 0.15) is 5.69 Å². The fourth-order valence-electron chi connectivity index (χ4n) is 1.68. The molecule has 0 radical (unpaired) electrons. The smallest absolute Gasteiger partial charge is 0.292 e. The molecule has 7 heteroatoms. The number of pyridine rings is 1. The zero-order chi connectivity index (χ0) is 14.5. The number of methoxy groups -OCH3 is 1. The van der Waals surface area contributed by atoms with Gasteiger partial charge >= 0.3 is 0 Å². The molecule has 20 heavy (non-hydrogen) atoms. The molecule has 0 saturated heterocycles. The van der Waals surface area contributed by atoms with E-state index in [0.29, 0.717) is 23.1 Å². The molecule has 1 N–H and O–H groups in total. The van der Waals surface area contributed by atoms with E-state index in [-0.39, 0.29) is 5.69 Å². The first-order chi connectivity index (χ1) is 9.60. The van der Waals surface area contributed by atoms with Crippen molar-refractivity contribution in [1.82, 2.24) is 4.98 Å². The monoisotopic (exact) mass is 293 g/mol. The molecule has 0 fully saturated rings. The van der Waals surface area contributed by atoms with Gasteiger partial charge in [-0.1, -0.05) is 11.6 Å². The molecule has 0 amide bonds. The fourth-order valence-corrected chi connectivity index (χ4v) is 1.85. The van der Waals surface area contributed by atoms with Crippen LogP contribution in [-0.2, 0) is 6.54 Å². The van der Waals surface area contributed by atoms with E-state index < -0.39 is 4.92 Å². The molecule has 1 aromatic heterocycles. The minimum Gasteiger partial charge on any atom is -0.481 e. The Kier molecular flexibility index (Phi) is 4.37. The number of rotatable bonds is 5. The van der Waals surface area contributed by atoms with Gasteiger partial charge in [0.15, 0.2) is 0 Å². The Morgan fingerprint density at radius 1 is 1.40 bits per heavy atom. The molecule has 0 saturated carbocycles. The average molecular weight is 294 g/mol. The van der Waals surface area contributed by atoms with Crippen LogP contribution < -0.4 is 10.1 Å². The van der Waals surface area contributed by atoms with Gasteiger partial charge in [0.25, 0.3) is 5.69 Å². The Morgan fingerprint density at radius 3 is 2.90 bits per heavy atom. The molecular formula is C13H12ClN3O3. The van der Waals surface area contributed by atoms with Gasteiger partial charge in [-0.15, -0.1) is 0 Å². The average Bonchev–Trinajstić information content (AvgIpc) is 2.45. The Balaban J connectivity index is 2.17. The molecule has 0 bridgehead atoms. The van der Waals surface area contributed by atoms with Crippen molar-refractivity contribution >= 4 is 23.0 Å². The zero-order valence-electron chi connectivity index (χ0n) is 10.7. The van der Waals surface area contributed by atoms with Crippen molar-refractivity contribution in [2.75, 3.05) is 12.4 Å². The van der Waals surface area contributed by atoms with Crippen LogP contribution in [0.2, 0.25) is 5.02 Å². The zero-order valence-corrected chi connectivity index (χ0v) is 11.4. The first kappa shape index (κ1) is 14.1. The third-order valence-electron chi connectivity index (χ3n) is 2.65. The lowest BCUT2D eigenvalue weighted by atomic mass is 10.2. The van der Waals surface area contributed by atoms with Crippen LogP contribution in [-0.4, -0.2) is 17.0 Å². The summed E-state index contributed by atoms with van der Waals surface area (Å²) in [5, 5.41) is 14.4. The number of ether oxygens (including phenoxy) is 1. The molecule has 1 aromatic carbocycles. The second kappa shape index (κ2) is 6.21. The lowest BCUT2D eigenvalue weighted by molar-refractivity contribution is -0.384. The highest BCUT2D eigenvalue weighted by Crippen LogP contribution is 2.28. The molecule has 0 aliphatic carbocycles.